The first-order chi connectivity index (χ1) is 43.4. The molecule has 17 nitrogen and oxygen atoms in total. The fraction of sp³-hybridized carbons (Fsp3) is 0.944. The monoisotopic (exact) mass is 1320 g/mol. The van der Waals surface area contributed by atoms with Crippen molar-refractivity contribution in [1.82, 2.24) is 0 Å². The Kier molecular flexibility index (Phi) is 61.8. The summed E-state index contributed by atoms with van der Waals surface area (Å²) in [6, 6.07) is 0. The Morgan fingerprint density at radius 1 is 0.300 bits per heavy atom. The van der Waals surface area contributed by atoms with Crippen LogP contribution in [0.2, 0.25) is 0 Å². The number of rotatable bonds is 70. The van der Waals surface area contributed by atoms with Crippen molar-refractivity contribution in [2.24, 2.45) is 11.8 Å². The molecule has 0 rings (SSSR count). The van der Waals surface area contributed by atoms with Crippen LogP contribution in [0.1, 0.15) is 363 Å². The van der Waals surface area contributed by atoms with Crippen LogP contribution < -0.4 is 0 Å². The molecule has 0 saturated heterocycles. The maximum Gasteiger partial charge on any atom is 0.472 e. The van der Waals surface area contributed by atoms with Gasteiger partial charge in [0.2, 0.25) is 0 Å². The van der Waals surface area contributed by atoms with Crippen molar-refractivity contribution in [3.8, 4) is 0 Å². The van der Waals surface area contributed by atoms with Gasteiger partial charge in [-0.2, -0.15) is 0 Å². The maximum atomic E-state index is 13.0. The maximum absolute atomic E-state index is 13.0. The van der Waals surface area contributed by atoms with Gasteiger partial charge in [0.05, 0.1) is 26.4 Å². The van der Waals surface area contributed by atoms with Crippen molar-refractivity contribution in [3.63, 3.8) is 0 Å². The van der Waals surface area contributed by atoms with E-state index >= 15 is 0 Å². The highest BCUT2D eigenvalue weighted by molar-refractivity contribution is 7.47. The number of aliphatic hydroxyl groups excluding tert-OH is 1. The Bertz CT molecular complexity index is 1750. The van der Waals surface area contributed by atoms with Crippen molar-refractivity contribution in [1.29, 1.82) is 0 Å². The zero-order chi connectivity index (χ0) is 66.5. The van der Waals surface area contributed by atoms with Gasteiger partial charge in [-0.25, -0.2) is 9.13 Å². The molecule has 0 aliphatic heterocycles. The van der Waals surface area contributed by atoms with Crippen molar-refractivity contribution < 1.29 is 80.2 Å². The Hall–Kier alpha value is -1.94. The number of hydrogen-bond acceptors (Lipinski definition) is 15. The van der Waals surface area contributed by atoms with Crippen LogP contribution in [0.15, 0.2) is 0 Å². The number of ether oxygens (including phenoxy) is 4. The van der Waals surface area contributed by atoms with Crippen LogP contribution >= 0.6 is 15.6 Å². The van der Waals surface area contributed by atoms with E-state index in [0.29, 0.717) is 25.7 Å². The number of esters is 4. The molecular weight excluding hydrogens is 1190 g/mol. The van der Waals surface area contributed by atoms with E-state index < -0.39 is 97.5 Å². The van der Waals surface area contributed by atoms with Gasteiger partial charge in [0.25, 0.3) is 0 Å². The van der Waals surface area contributed by atoms with Gasteiger partial charge in [0.15, 0.2) is 12.2 Å². The van der Waals surface area contributed by atoms with Crippen molar-refractivity contribution in [2.75, 3.05) is 39.6 Å². The van der Waals surface area contributed by atoms with Gasteiger partial charge in [0, 0.05) is 25.7 Å². The molecule has 0 aromatic carbocycles. The number of aliphatic hydroxyl groups is 1. The molecule has 0 saturated carbocycles. The van der Waals surface area contributed by atoms with E-state index in [2.05, 4.69) is 41.5 Å². The van der Waals surface area contributed by atoms with E-state index in [1.54, 1.807) is 0 Å². The van der Waals surface area contributed by atoms with Gasteiger partial charge in [-0.05, 0) is 37.5 Å². The normalized spacial score (nSPS) is 14.1. The van der Waals surface area contributed by atoms with Crippen molar-refractivity contribution in [3.05, 3.63) is 0 Å². The van der Waals surface area contributed by atoms with Gasteiger partial charge < -0.3 is 33.8 Å². The second-order valence-corrected chi connectivity index (χ2v) is 29.5. The summed E-state index contributed by atoms with van der Waals surface area (Å²) in [4.78, 5) is 72.4. The molecule has 3 N–H and O–H groups in total. The molecule has 0 aromatic heterocycles. The summed E-state index contributed by atoms with van der Waals surface area (Å²) in [5.74, 6) is -0.542. The fourth-order valence-corrected chi connectivity index (χ4v) is 12.3. The van der Waals surface area contributed by atoms with Crippen LogP contribution in [0, 0.1) is 11.8 Å². The second kappa shape index (κ2) is 63.1. The lowest BCUT2D eigenvalue weighted by atomic mass is 10.0. The van der Waals surface area contributed by atoms with Gasteiger partial charge in [-0.1, -0.05) is 311 Å². The van der Waals surface area contributed by atoms with Gasteiger partial charge in [-0.15, -0.1) is 0 Å². The number of phosphoric ester groups is 2. The quantitative estimate of drug-likeness (QED) is 0.0222. The largest absolute Gasteiger partial charge is 0.472 e. The third kappa shape index (κ3) is 64.8. The van der Waals surface area contributed by atoms with Gasteiger partial charge in [-0.3, -0.25) is 37.3 Å². The molecule has 2 unspecified atom stereocenters. The van der Waals surface area contributed by atoms with Crippen LogP contribution in [0.3, 0.4) is 0 Å². The predicted molar refractivity (Wildman–Crippen MR) is 363 cm³/mol. The first-order valence-electron chi connectivity index (χ1n) is 37.0. The fourth-order valence-electron chi connectivity index (χ4n) is 10.8. The Labute approximate surface area is 549 Å². The zero-order valence-electron chi connectivity index (χ0n) is 58.4. The second-order valence-electron chi connectivity index (χ2n) is 26.6. The average Bonchev–Trinajstić information content (AvgIpc) is 3.11. The van der Waals surface area contributed by atoms with Gasteiger partial charge in [0.1, 0.15) is 19.3 Å². The number of unbranched alkanes of at least 4 members (excludes halogenated alkanes) is 40. The lowest BCUT2D eigenvalue weighted by Crippen LogP contribution is -2.30. The summed E-state index contributed by atoms with van der Waals surface area (Å²) in [6.07, 6.45) is 48.7. The van der Waals surface area contributed by atoms with E-state index in [9.17, 15) is 43.2 Å². The first-order valence-corrected chi connectivity index (χ1v) is 40.0. The molecular formula is C71H138O17P2. The van der Waals surface area contributed by atoms with Crippen LogP contribution in [0.4, 0.5) is 0 Å². The summed E-state index contributed by atoms with van der Waals surface area (Å²) in [6.45, 7) is 9.55. The zero-order valence-corrected chi connectivity index (χ0v) is 60.2. The molecule has 0 aliphatic carbocycles. The first kappa shape index (κ1) is 88.1. The molecule has 0 fully saturated rings. The van der Waals surface area contributed by atoms with Crippen LogP contribution in [-0.4, -0.2) is 96.7 Å². The smallest absolute Gasteiger partial charge is 0.462 e. The van der Waals surface area contributed by atoms with Crippen LogP contribution in [-0.2, 0) is 65.4 Å². The summed E-state index contributed by atoms with van der Waals surface area (Å²) in [7, 11) is -9.89. The third-order valence-corrected chi connectivity index (χ3v) is 18.4. The molecule has 0 heterocycles. The average molecular weight is 1330 g/mol. The number of carbonyl (C=O) groups excluding carboxylic acids is 4. The van der Waals surface area contributed by atoms with Crippen LogP contribution in [0.5, 0.6) is 0 Å². The molecule has 0 radical (unpaired) electrons. The molecule has 0 bridgehead atoms. The van der Waals surface area contributed by atoms with E-state index in [4.69, 9.17) is 37.0 Å². The standard InChI is InChI=1S/C71H138O17P2/c1-7-9-11-13-15-16-30-37-43-49-55-70(75)87-66(59-81-68(73)53-47-41-33-14-12-10-8-2)61-85-89(77,78)83-57-65(72)58-84-90(79,80)86-62-67(60-82-69(74)54-48-42-36-31-26-23-22-25-29-35-40-46-52-64(5)6)88-71(76)56-50-44-38-32-27-21-19-17-18-20-24-28-34-39-45-51-63(3)4/h63-67,72H,7-62H2,1-6H3,(H,77,78)(H,79,80)/t65-,66+,67+/m0/s1. The molecule has 534 valence electrons. The molecule has 90 heavy (non-hydrogen) atoms. The molecule has 0 spiro atoms. The Balaban J connectivity index is 5.19. The van der Waals surface area contributed by atoms with Crippen molar-refractivity contribution >= 4 is 39.5 Å². The SMILES string of the molecule is CCCCCCCCCCCCC(=O)O[C@H](COC(=O)CCCCCCCCC)COP(=O)(O)OC[C@H](O)COP(=O)(O)OC[C@@H](COC(=O)CCCCCCCCCCCCCCC(C)C)OC(=O)CCCCCCCCCCCCCCCCCC(C)C. The molecule has 5 atom stereocenters. The topological polar surface area (TPSA) is 237 Å². The molecule has 19 heteroatoms. The Morgan fingerprint density at radius 3 is 0.756 bits per heavy atom. The van der Waals surface area contributed by atoms with E-state index in [0.717, 1.165) is 115 Å². The highest BCUT2D eigenvalue weighted by atomic mass is 31.2. The van der Waals surface area contributed by atoms with Crippen molar-refractivity contribution in [2.45, 2.75) is 381 Å². The lowest BCUT2D eigenvalue weighted by molar-refractivity contribution is -0.161. The minimum atomic E-state index is -4.95. The third-order valence-electron chi connectivity index (χ3n) is 16.5. The highest BCUT2D eigenvalue weighted by Gasteiger charge is 2.30. The minimum Gasteiger partial charge on any atom is -0.462 e. The van der Waals surface area contributed by atoms with Crippen LogP contribution in [0.25, 0.3) is 0 Å². The molecule has 0 amide bonds. The van der Waals surface area contributed by atoms with E-state index in [1.807, 2.05) is 0 Å². The predicted octanol–water partition coefficient (Wildman–Crippen LogP) is 20.4. The van der Waals surface area contributed by atoms with E-state index in [-0.39, 0.29) is 25.7 Å². The summed E-state index contributed by atoms with van der Waals surface area (Å²) >= 11 is 0. The Morgan fingerprint density at radius 2 is 0.511 bits per heavy atom. The number of phosphoric acid groups is 2. The minimum absolute atomic E-state index is 0.106. The summed E-state index contributed by atoms with van der Waals surface area (Å²) < 4.78 is 68.2. The molecule has 0 aromatic rings. The number of hydrogen-bond donors (Lipinski definition) is 3. The van der Waals surface area contributed by atoms with E-state index in [1.165, 1.54) is 167 Å². The number of carbonyl (C=O) groups is 4. The lowest BCUT2D eigenvalue weighted by Gasteiger charge is -2.21. The molecule has 0 aliphatic rings. The summed E-state index contributed by atoms with van der Waals surface area (Å²) in [5.41, 5.74) is 0. The summed E-state index contributed by atoms with van der Waals surface area (Å²) in [5, 5.41) is 10.6. The van der Waals surface area contributed by atoms with Gasteiger partial charge >= 0.3 is 39.5 Å². The highest BCUT2D eigenvalue weighted by Crippen LogP contribution is 2.45.